The molecular formula is C13H20BrNOS. The van der Waals surface area contributed by atoms with E-state index in [0.29, 0.717) is 6.04 Å². The van der Waals surface area contributed by atoms with Gasteiger partial charge in [-0.3, -0.25) is 4.21 Å². The molecule has 1 rings (SSSR count). The zero-order valence-corrected chi connectivity index (χ0v) is 13.0. The van der Waals surface area contributed by atoms with Crippen molar-refractivity contribution in [3.05, 3.63) is 28.7 Å². The highest BCUT2D eigenvalue weighted by molar-refractivity contribution is 9.10. The van der Waals surface area contributed by atoms with Crippen molar-refractivity contribution in [1.29, 1.82) is 0 Å². The highest BCUT2D eigenvalue weighted by Gasteiger charge is 2.17. The number of hydrogen-bond donors (Lipinski definition) is 1. The van der Waals surface area contributed by atoms with E-state index in [0.717, 1.165) is 22.3 Å². The van der Waals surface area contributed by atoms with Crippen LogP contribution in [0.25, 0.3) is 0 Å². The number of hydrogen-bond acceptors (Lipinski definition) is 2. The molecule has 0 amide bonds. The lowest BCUT2D eigenvalue weighted by atomic mass is 10.2. The van der Waals surface area contributed by atoms with E-state index < -0.39 is 10.8 Å². The van der Waals surface area contributed by atoms with E-state index in [1.807, 2.05) is 31.2 Å². The number of halogens is 1. The summed E-state index contributed by atoms with van der Waals surface area (Å²) in [5.41, 5.74) is 0. The third-order valence-electron chi connectivity index (χ3n) is 2.66. The summed E-state index contributed by atoms with van der Waals surface area (Å²) in [6, 6.07) is 8.14. The fourth-order valence-corrected chi connectivity index (χ4v) is 3.98. The fraction of sp³-hybridized carbons (Fsp3) is 0.538. The average Bonchev–Trinajstić information content (AvgIpc) is 2.29. The van der Waals surface area contributed by atoms with Crippen molar-refractivity contribution in [3.8, 4) is 0 Å². The van der Waals surface area contributed by atoms with E-state index >= 15 is 0 Å². The Balaban J connectivity index is 2.67. The minimum atomic E-state index is -0.951. The monoisotopic (exact) mass is 317 g/mol. The number of nitrogens with one attached hydrogen (secondary N) is 1. The predicted octanol–water partition coefficient (Wildman–Crippen LogP) is 3.33. The zero-order valence-electron chi connectivity index (χ0n) is 10.6. The molecule has 4 heteroatoms. The van der Waals surface area contributed by atoms with Crippen molar-refractivity contribution in [3.63, 3.8) is 0 Å². The summed E-state index contributed by atoms with van der Waals surface area (Å²) >= 11 is 3.45. The highest BCUT2D eigenvalue weighted by atomic mass is 79.9. The molecule has 3 atom stereocenters. The quantitative estimate of drug-likeness (QED) is 0.872. The molecule has 0 saturated carbocycles. The maximum Gasteiger partial charge on any atom is 0.0570 e. The van der Waals surface area contributed by atoms with Crippen molar-refractivity contribution in [1.82, 2.24) is 5.32 Å². The van der Waals surface area contributed by atoms with E-state index in [1.165, 1.54) is 0 Å². The van der Waals surface area contributed by atoms with Gasteiger partial charge in [-0.2, -0.15) is 0 Å². The largest absolute Gasteiger partial charge is 0.314 e. The molecule has 0 spiro atoms. The molecule has 1 aromatic carbocycles. The maximum atomic E-state index is 12.4. The molecule has 1 N–H and O–H groups in total. The van der Waals surface area contributed by atoms with Crippen LogP contribution in [0.5, 0.6) is 0 Å². The molecule has 0 aliphatic heterocycles. The second-order valence-corrected chi connectivity index (χ2v) is 6.93. The summed E-state index contributed by atoms with van der Waals surface area (Å²) in [6.07, 6.45) is 0.918. The second kappa shape index (κ2) is 7.29. The third kappa shape index (κ3) is 4.53. The molecule has 0 radical (unpaired) electrons. The summed E-state index contributed by atoms with van der Waals surface area (Å²) < 4.78 is 13.3. The Morgan fingerprint density at radius 2 is 2.00 bits per heavy atom. The minimum absolute atomic E-state index is 0.155. The molecule has 0 saturated heterocycles. The van der Waals surface area contributed by atoms with Gasteiger partial charge in [0.1, 0.15) is 0 Å². The molecular weight excluding hydrogens is 298 g/mol. The molecule has 0 aromatic heterocycles. The highest BCUT2D eigenvalue weighted by Crippen LogP contribution is 2.23. The van der Waals surface area contributed by atoms with Crippen LogP contribution >= 0.6 is 15.9 Å². The first-order valence-electron chi connectivity index (χ1n) is 5.94. The lowest BCUT2D eigenvalue weighted by molar-refractivity contribution is 0.524. The molecule has 0 heterocycles. The first kappa shape index (κ1) is 14.9. The van der Waals surface area contributed by atoms with E-state index in [4.69, 9.17) is 0 Å². The second-order valence-electron chi connectivity index (χ2n) is 4.23. The van der Waals surface area contributed by atoms with Crippen LogP contribution in [0.2, 0.25) is 0 Å². The number of benzene rings is 1. The van der Waals surface area contributed by atoms with Crippen molar-refractivity contribution < 1.29 is 4.21 Å². The van der Waals surface area contributed by atoms with Gasteiger partial charge >= 0.3 is 0 Å². The first-order chi connectivity index (χ1) is 8.06. The van der Waals surface area contributed by atoms with Crippen molar-refractivity contribution in [2.75, 3.05) is 6.54 Å². The van der Waals surface area contributed by atoms with Gasteiger partial charge in [-0.25, -0.2) is 0 Å². The van der Waals surface area contributed by atoms with Crippen LogP contribution < -0.4 is 5.32 Å². The molecule has 1 aromatic rings. The van der Waals surface area contributed by atoms with Crippen molar-refractivity contribution in [2.24, 2.45) is 0 Å². The van der Waals surface area contributed by atoms with Crippen molar-refractivity contribution in [2.45, 2.75) is 43.4 Å². The Morgan fingerprint density at radius 1 is 1.35 bits per heavy atom. The SMILES string of the molecule is CCNC(C)CC(C)S(=O)c1ccccc1Br. The summed E-state index contributed by atoms with van der Waals surface area (Å²) in [5, 5.41) is 3.51. The van der Waals surface area contributed by atoms with Gasteiger partial charge in [0, 0.05) is 15.8 Å². The summed E-state index contributed by atoms with van der Waals surface area (Å²) in [4.78, 5) is 0.892. The van der Waals surface area contributed by atoms with Gasteiger partial charge in [-0.15, -0.1) is 0 Å². The van der Waals surface area contributed by atoms with Gasteiger partial charge in [0.2, 0.25) is 0 Å². The van der Waals surface area contributed by atoms with Crippen LogP contribution in [0.15, 0.2) is 33.6 Å². The average molecular weight is 318 g/mol. The van der Waals surface area contributed by atoms with Crippen LogP contribution in [0.1, 0.15) is 27.2 Å². The molecule has 0 aliphatic carbocycles. The van der Waals surface area contributed by atoms with E-state index in [-0.39, 0.29) is 5.25 Å². The molecule has 2 nitrogen and oxygen atoms in total. The number of rotatable bonds is 6. The van der Waals surface area contributed by atoms with Crippen LogP contribution in [-0.2, 0) is 10.8 Å². The van der Waals surface area contributed by atoms with Crippen LogP contribution in [0, 0.1) is 0 Å². The van der Waals surface area contributed by atoms with Gasteiger partial charge in [0.05, 0.1) is 15.7 Å². The Kier molecular flexibility index (Phi) is 6.38. The fourth-order valence-electron chi connectivity index (χ4n) is 1.84. The van der Waals surface area contributed by atoms with Crippen LogP contribution in [0.3, 0.4) is 0 Å². The van der Waals surface area contributed by atoms with E-state index in [9.17, 15) is 4.21 Å². The summed E-state index contributed by atoms with van der Waals surface area (Å²) in [5.74, 6) is 0. The van der Waals surface area contributed by atoms with Gasteiger partial charge in [-0.1, -0.05) is 26.0 Å². The van der Waals surface area contributed by atoms with E-state index in [1.54, 1.807) is 0 Å². The van der Waals surface area contributed by atoms with Crippen LogP contribution in [0.4, 0.5) is 0 Å². The van der Waals surface area contributed by atoms with Crippen LogP contribution in [-0.4, -0.2) is 22.0 Å². The molecule has 3 unspecified atom stereocenters. The lowest BCUT2D eigenvalue weighted by Gasteiger charge is -2.18. The van der Waals surface area contributed by atoms with Gasteiger partial charge in [0.15, 0.2) is 0 Å². The topological polar surface area (TPSA) is 29.1 Å². The molecule has 96 valence electrons. The Bertz CT molecular complexity index is 383. The van der Waals surface area contributed by atoms with Gasteiger partial charge < -0.3 is 5.32 Å². The molecule has 17 heavy (non-hydrogen) atoms. The Morgan fingerprint density at radius 3 is 2.59 bits per heavy atom. The third-order valence-corrected chi connectivity index (χ3v) is 5.32. The van der Waals surface area contributed by atoms with Gasteiger partial charge in [-0.05, 0) is 48.0 Å². The minimum Gasteiger partial charge on any atom is -0.314 e. The van der Waals surface area contributed by atoms with Gasteiger partial charge in [0.25, 0.3) is 0 Å². The molecule has 0 fully saturated rings. The Hall–Kier alpha value is -0.190. The predicted molar refractivity (Wildman–Crippen MR) is 77.8 cm³/mol. The normalized spacial score (nSPS) is 16.5. The first-order valence-corrected chi connectivity index (χ1v) is 7.95. The summed E-state index contributed by atoms with van der Waals surface area (Å²) in [6.45, 7) is 7.22. The standard InChI is InChI=1S/C13H20BrNOS/c1-4-15-10(2)9-11(3)17(16)13-8-6-5-7-12(13)14/h5-8,10-11,15H,4,9H2,1-3H3. The lowest BCUT2D eigenvalue weighted by Crippen LogP contribution is -2.30. The zero-order chi connectivity index (χ0) is 12.8. The molecule has 0 bridgehead atoms. The van der Waals surface area contributed by atoms with E-state index in [2.05, 4.69) is 35.1 Å². The smallest absolute Gasteiger partial charge is 0.0570 e. The molecule has 0 aliphatic rings. The maximum absolute atomic E-state index is 12.4. The van der Waals surface area contributed by atoms with Crippen molar-refractivity contribution >= 4 is 26.7 Å². The Labute approximate surface area is 115 Å². The summed E-state index contributed by atoms with van der Waals surface area (Å²) in [7, 11) is -0.951.